The third-order valence-corrected chi connectivity index (χ3v) is 3.45. The van der Waals surface area contributed by atoms with Crippen LogP contribution in [-0.2, 0) is 0 Å². The van der Waals surface area contributed by atoms with Crippen LogP contribution in [0.3, 0.4) is 0 Å². The normalized spacial score (nSPS) is 28.6. The van der Waals surface area contributed by atoms with E-state index in [4.69, 9.17) is 4.52 Å². The van der Waals surface area contributed by atoms with Gasteiger partial charge in [0.25, 0.3) is 5.91 Å². The molecule has 1 aromatic heterocycles. The molecule has 86 valence electrons. The van der Waals surface area contributed by atoms with Crippen molar-refractivity contribution >= 4 is 5.91 Å². The van der Waals surface area contributed by atoms with E-state index in [9.17, 15) is 4.79 Å². The van der Waals surface area contributed by atoms with Crippen LogP contribution in [0.25, 0.3) is 0 Å². The monoisotopic (exact) mass is 220 g/mol. The highest BCUT2D eigenvalue weighted by Gasteiger charge is 2.30. The van der Waals surface area contributed by atoms with E-state index in [-0.39, 0.29) is 5.91 Å². The van der Waals surface area contributed by atoms with E-state index in [1.807, 2.05) is 0 Å². The molecule has 2 aliphatic rings. The Hall–Kier alpha value is -1.32. The van der Waals surface area contributed by atoms with Crippen LogP contribution in [0.2, 0.25) is 0 Å². The zero-order valence-electron chi connectivity index (χ0n) is 9.40. The van der Waals surface area contributed by atoms with Gasteiger partial charge in [-0.1, -0.05) is 12.1 Å². The molecule has 0 atom stereocenters. The number of nitrogens with one attached hydrogen (secondary N) is 1. The van der Waals surface area contributed by atoms with Crippen LogP contribution in [-0.4, -0.2) is 17.1 Å². The summed E-state index contributed by atoms with van der Waals surface area (Å²) in [6.45, 7) is 2.20. The number of amides is 1. The quantitative estimate of drug-likeness (QED) is 0.848. The number of rotatable bonds is 3. The molecule has 4 nitrogen and oxygen atoms in total. The molecule has 0 radical (unpaired) electrons. The molecular formula is C12H16N2O2. The third-order valence-electron chi connectivity index (χ3n) is 3.45. The predicted octanol–water partition coefficient (Wildman–Crippen LogP) is 2.08. The molecule has 1 heterocycles. The van der Waals surface area contributed by atoms with Crippen molar-refractivity contribution in [3.05, 3.63) is 17.5 Å². The Morgan fingerprint density at radius 2 is 2.25 bits per heavy atom. The van der Waals surface area contributed by atoms with Gasteiger partial charge in [-0.2, -0.15) is 0 Å². The van der Waals surface area contributed by atoms with Crippen molar-refractivity contribution in [1.29, 1.82) is 0 Å². The second-order valence-electron chi connectivity index (χ2n) is 5.14. The van der Waals surface area contributed by atoms with E-state index >= 15 is 0 Å². The van der Waals surface area contributed by atoms with E-state index < -0.39 is 0 Å². The van der Waals surface area contributed by atoms with E-state index in [1.165, 1.54) is 0 Å². The first kappa shape index (κ1) is 9.87. The lowest BCUT2D eigenvalue weighted by Crippen LogP contribution is -2.43. The molecule has 0 spiro atoms. The molecule has 0 aliphatic heterocycles. The molecule has 0 saturated heterocycles. The van der Waals surface area contributed by atoms with Gasteiger partial charge in [-0.3, -0.25) is 4.79 Å². The molecule has 2 aliphatic carbocycles. The lowest BCUT2D eigenvalue weighted by molar-refractivity contribution is 0.0886. The van der Waals surface area contributed by atoms with Gasteiger partial charge in [-0.25, -0.2) is 0 Å². The summed E-state index contributed by atoms with van der Waals surface area (Å²) in [5.74, 6) is 2.03. The summed E-state index contributed by atoms with van der Waals surface area (Å²) in [6, 6.07) is 2.12. The Bertz CT molecular complexity index is 403. The van der Waals surface area contributed by atoms with Gasteiger partial charge >= 0.3 is 0 Å². The van der Waals surface area contributed by atoms with Crippen molar-refractivity contribution in [1.82, 2.24) is 10.5 Å². The van der Waals surface area contributed by atoms with Crippen molar-refractivity contribution in [2.24, 2.45) is 5.92 Å². The average Bonchev–Trinajstić information content (AvgIpc) is 2.94. The Balaban J connectivity index is 1.60. The van der Waals surface area contributed by atoms with Gasteiger partial charge in [0.15, 0.2) is 5.69 Å². The zero-order valence-corrected chi connectivity index (χ0v) is 9.40. The van der Waals surface area contributed by atoms with Gasteiger partial charge in [-0.15, -0.1) is 0 Å². The lowest BCUT2D eigenvalue weighted by Gasteiger charge is -2.32. The van der Waals surface area contributed by atoms with E-state index in [1.54, 1.807) is 6.07 Å². The van der Waals surface area contributed by atoms with E-state index in [0.29, 0.717) is 17.7 Å². The van der Waals surface area contributed by atoms with Gasteiger partial charge in [0, 0.05) is 18.0 Å². The second kappa shape index (κ2) is 3.61. The molecule has 2 saturated carbocycles. The highest BCUT2D eigenvalue weighted by atomic mass is 16.5. The van der Waals surface area contributed by atoms with Gasteiger partial charge in [0.1, 0.15) is 5.76 Å². The fourth-order valence-corrected chi connectivity index (χ4v) is 2.24. The molecule has 1 aromatic rings. The number of nitrogens with zero attached hydrogens (tertiary/aromatic N) is 1. The van der Waals surface area contributed by atoms with Crippen molar-refractivity contribution in [3.8, 4) is 0 Å². The first-order valence-electron chi connectivity index (χ1n) is 6.00. The first-order chi connectivity index (χ1) is 7.72. The zero-order chi connectivity index (χ0) is 11.1. The van der Waals surface area contributed by atoms with E-state index in [2.05, 4.69) is 17.4 Å². The molecule has 1 N–H and O–H groups in total. The topological polar surface area (TPSA) is 55.1 Å². The number of hydrogen-bond acceptors (Lipinski definition) is 3. The second-order valence-corrected chi connectivity index (χ2v) is 5.14. The number of carbonyl (C=O) groups is 1. The number of hydrogen-bond donors (Lipinski definition) is 1. The van der Waals surface area contributed by atoms with Gasteiger partial charge < -0.3 is 9.84 Å². The summed E-state index contributed by atoms with van der Waals surface area (Å²) >= 11 is 0. The Labute approximate surface area is 94.4 Å². The molecule has 0 unspecified atom stereocenters. The Morgan fingerprint density at radius 3 is 2.88 bits per heavy atom. The van der Waals surface area contributed by atoms with Crippen molar-refractivity contribution < 1.29 is 9.32 Å². The van der Waals surface area contributed by atoms with Crippen molar-refractivity contribution in [2.75, 3.05) is 0 Å². The van der Waals surface area contributed by atoms with Crippen molar-refractivity contribution in [3.63, 3.8) is 0 Å². The fraction of sp³-hybridized carbons (Fsp3) is 0.667. The van der Waals surface area contributed by atoms with Crippen LogP contribution in [0.1, 0.15) is 54.8 Å². The minimum Gasteiger partial charge on any atom is -0.360 e. The maximum Gasteiger partial charge on any atom is 0.273 e. The van der Waals surface area contributed by atoms with Gasteiger partial charge in [0.2, 0.25) is 0 Å². The summed E-state index contributed by atoms with van der Waals surface area (Å²) in [7, 11) is 0. The van der Waals surface area contributed by atoms with Crippen LogP contribution >= 0.6 is 0 Å². The van der Waals surface area contributed by atoms with Gasteiger partial charge in [-0.05, 0) is 31.6 Å². The SMILES string of the molecule is CC1CC(NC(=O)c2cc(C3CC3)on2)C1. The summed E-state index contributed by atoms with van der Waals surface area (Å²) in [4.78, 5) is 11.8. The molecule has 0 aromatic carbocycles. The van der Waals surface area contributed by atoms with Crippen LogP contribution in [0, 0.1) is 5.92 Å². The minimum absolute atomic E-state index is 0.0902. The smallest absolute Gasteiger partial charge is 0.273 e. The maximum absolute atomic E-state index is 11.8. The summed E-state index contributed by atoms with van der Waals surface area (Å²) in [5.41, 5.74) is 0.432. The summed E-state index contributed by atoms with van der Waals surface area (Å²) < 4.78 is 5.15. The number of aromatic nitrogens is 1. The predicted molar refractivity (Wildman–Crippen MR) is 58.1 cm³/mol. The van der Waals surface area contributed by atoms with E-state index in [0.717, 1.165) is 37.4 Å². The molecule has 2 fully saturated rings. The molecular weight excluding hydrogens is 204 g/mol. The Morgan fingerprint density at radius 1 is 1.50 bits per heavy atom. The molecule has 3 rings (SSSR count). The molecule has 0 bridgehead atoms. The maximum atomic E-state index is 11.8. The van der Waals surface area contributed by atoms with Crippen LogP contribution in [0.4, 0.5) is 0 Å². The number of carbonyl (C=O) groups excluding carboxylic acids is 1. The summed E-state index contributed by atoms with van der Waals surface area (Å²) in [6.07, 6.45) is 4.49. The minimum atomic E-state index is -0.0902. The van der Waals surface area contributed by atoms with Crippen LogP contribution < -0.4 is 5.32 Å². The Kier molecular flexibility index (Phi) is 2.23. The molecule has 16 heavy (non-hydrogen) atoms. The van der Waals surface area contributed by atoms with Gasteiger partial charge in [0.05, 0.1) is 0 Å². The van der Waals surface area contributed by atoms with Crippen LogP contribution in [0.15, 0.2) is 10.6 Å². The highest BCUT2D eigenvalue weighted by molar-refractivity contribution is 5.92. The average molecular weight is 220 g/mol. The standard InChI is InChI=1S/C12H16N2O2/c1-7-4-9(5-7)13-12(15)10-6-11(16-14-10)8-2-3-8/h6-9H,2-5H2,1H3,(H,13,15). The highest BCUT2D eigenvalue weighted by Crippen LogP contribution is 2.40. The third kappa shape index (κ3) is 1.84. The lowest BCUT2D eigenvalue weighted by atomic mass is 9.82. The molecule has 1 amide bonds. The molecule has 4 heteroatoms. The van der Waals surface area contributed by atoms with Crippen molar-refractivity contribution in [2.45, 2.75) is 44.6 Å². The first-order valence-corrected chi connectivity index (χ1v) is 6.00. The summed E-state index contributed by atoms with van der Waals surface area (Å²) in [5, 5.41) is 6.80. The largest absolute Gasteiger partial charge is 0.360 e. The van der Waals surface area contributed by atoms with Crippen LogP contribution in [0.5, 0.6) is 0 Å². The fourth-order valence-electron chi connectivity index (χ4n) is 2.24.